The van der Waals surface area contributed by atoms with E-state index in [0.29, 0.717) is 26.4 Å². The van der Waals surface area contributed by atoms with E-state index in [2.05, 4.69) is 59.9 Å². The number of nitrogens with zero attached hydrogens (tertiary/aromatic N) is 3. The molecule has 0 radical (unpaired) electrons. The number of rotatable bonds is 15. The molecule has 0 bridgehead atoms. The number of para-hydroxylation sites is 2. The van der Waals surface area contributed by atoms with Gasteiger partial charge in [-0.1, -0.05) is 51.6 Å². The predicted molar refractivity (Wildman–Crippen MR) is 167 cm³/mol. The number of carbonyl (C=O) groups excluding carboxylic acids is 1. The molecule has 2 heterocycles. The summed E-state index contributed by atoms with van der Waals surface area (Å²) in [5.74, 6) is 2.35. The SMILES string of the molecule is CCOCCOc1cc(C(C)C)c(NC(=O)CN2CCN(CCCSc3nc4ccccc4o3)CC2)c(C(C)C)c1. The Hall–Kier alpha value is -2.59. The minimum Gasteiger partial charge on any atom is -0.491 e. The van der Waals surface area contributed by atoms with Gasteiger partial charge in [-0.3, -0.25) is 9.69 Å². The van der Waals surface area contributed by atoms with Crippen LogP contribution in [-0.2, 0) is 9.53 Å². The minimum absolute atomic E-state index is 0.0435. The fraction of sp³-hybridized carbons (Fsp3) is 0.562. The van der Waals surface area contributed by atoms with Crippen LogP contribution in [-0.4, -0.2) is 85.5 Å². The number of benzene rings is 2. The molecule has 9 heteroatoms. The van der Waals surface area contributed by atoms with E-state index in [1.54, 1.807) is 11.8 Å². The standard InChI is InChI=1S/C32H46N4O4S/c1-6-38-17-18-39-25-20-26(23(2)3)31(27(21-25)24(4)5)34-30(37)22-36-15-13-35(14-16-36)12-9-19-41-32-33-28-10-7-8-11-29(28)40-32/h7-8,10-11,20-21,23-24H,6,9,12-19,22H2,1-5H3,(H,34,37). The molecule has 0 spiro atoms. The maximum atomic E-state index is 13.2. The Morgan fingerprint density at radius 2 is 1.71 bits per heavy atom. The van der Waals surface area contributed by atoms with Crippen molar-refractivity contribution in [1.82, 2.24) is 14.8 Å². The smallest absolute Gasteiger partial charge is 0.256 e. The highest BCUT2D eigenvalue weighted by molar-refractivity contribution is 7.99. The molecule has 1 aliphatic heterocycles. The van der Waals surface area contributed by atoms with Gasteiger partial charge in [0, 0.05) is 44.2 Å². The van der Waals surface area contributed by atoms with E-state index in [-0.39, 0.29) is 17.7 Å². The minimum atomic E-state index is 0.0435. The number of hydrogen-bond acceptors (Lipinski definition) is 8. The van der Waals surface area contributed by atoms with Crippen LogP contribution in [0.2, 0.25) is 0 Å². The van der Waals surface area contributed by atoms with E-state index in [4.69, 9.17) is 13.9 Å². The molecule has 41 heavy (non-hydrogen) atoms. The highest BCUT2D eigenvalue weighted by atomic mass is 32.2. The molecule has 1 saturated heterocycles. The zero-order valence-corrected chi connectivity index (χ0v) is 26.1. The molecule has 0 saturated carbocycles. The third-order valence-electron chi connectivity index (χ3n) is 7.33. The summed E-state index contributed by atoms with van der Waals surface area (Å²) in [5.41, 5.74) is 4.91. The lowest BCUT2D eigenvalue weighted by Gasteiger charge is -2.34. The number of thioether (sulfide) groups is 1. The van der Waals surface area contributed by atoms with E-state index in [1.807, 2.05) is 31.2 Å². The molecule has 0 aliphatic carbocycles. The summed E-state index contributed by atoms with van der Waals surface area (Å²) in [6, 6.07) is 12.0. The normalized spacial score (nSPS) is 14.8. The Bertz CT molecular complexity index is 1190. The van der Waals surface area contributed by atoms with Gasteiger partial charge in [-0.2, -0.15) is 0 Å². The maximum absolute atomic E-state index is 13.2. The number of anilines is 1. The molecule has 4 rings (SSSR count). The van der Waals surface area contributed by atoms with Gasteiger partial charge in [0.25, 0.3) is 5.22 Å². The molecule has 0 unspecified atom stereocenters. The molecule has 1 aromatic heterocycles. The zero-order chi connectivity index (χ0) is 29.2. The van der Waals surface area contributed by atoms with Crippen LogP contribution in [0.15, 0.2) is 46.0 Å². The molecule has 1 N–H and O–H groups in total. The van der Waals surface area contributed by atoms with Gasteiger partial charge in [0.15, 0.2) is 5.58 Å². The lowest BCUT2D eigenvalue weighted by atomic mass is 9.92. The first-order valence-corrected chi connectivity index (χ1v) is 15.9. The summed E-state index contributed by atoms with van der Waals surface area (Å²) < 4.78 is 17.2. The van der Waals surface area contributed by atoms with Gasteiger partial charge in [-0.05, 0) is 67.1 Å². The van der Waals surface area contributed by atoms with Crippen LogP contribution >= 0.6 is 11.8 Å². The monoisotopic (exact) mass is 582 g/mol. The lowest BCUT2D eigenvalue weighted by molar-refractivity contribution is -0.117. The van der Waals surface area contributed by atoms with E-state index in [1.165, 1.54) is 0 Å². The van der Waals surface area contributed by atoms with Crippen LogP contribution < -0.4 is 10.1 Å². The molecule has 2 aromatic carbocycles. The van der Waals surface area contributed by atoms with Crippen molar-refractivity contribution in [2.45, 2.75) is 58.1 Å². The molecule has 3 aromatic rings. The Balaban J connectivity index is 1.23. The van der Waals surface area contributed by atoms with Crippen molar-refractivity contribution in [1.29, 1.82) is 0 Å². The lowest BCUT2D eigenvalue weighted by Crippen LogP contribution is -2.48. The molecule has 8 nitrogen and oxygen atoms in total. The van der Waals surface area contributed by atoms with Crippen LogP contribution in [0.25, 0.3) is 11.1 Å². The second kappa shape index (κ2) is 15.6. The molecular weight excluding hydrogens is 536 g/mol. The summed E-state index contributed by atoms with van der Waals surface area (Å²) in [5, 5.41) is 4.02. The van der Waals surface area contributed by atoms with Crippen LogP contribution in [0.5, 0.6) is 5.75 Å². The van der Waals surface area contributed by atoms with Crippen molar-refractivity contribution in [3.63, 3.8) is 0 Å². The fourth-order valence-electron chi connectivity index (χ4n) is 5.07. The average molecular weight is 583 g/mol. The third kappa shape index (κ3) is 9.20. The molecular formula is C32H46N4O4S. The van der Waals surface area contributed by atoms with Crippen molar-refractivity contribution in [2.75, 3.05) is 70.2 Å². The molecule has 0 atom stereocenters. The van der Waals surface area contributed by atoms with Crippen molar-refractivity contribution >= 4 is 34.5 Å². The largest absolute Gasteiger partial charge is 0.491 e. The summed E-state index contributed by atoms with van der Waals surface area (Å²) in [4.78, 5) is 22.5. The summed E-state index contributed by atoms with van der Waals surface area (Å²) in [6.45, 7) is 17.6. The number of nitrogens with one attached hydrogen (secondary N) is 1. The quantitative estimate of drug-likeness (QED) is 0.167. The number of fused-ring (bicyclic) bond motifs is 1. The number of ether oxygens (including phenoxy) is 2. The van der Waals surface area contributed by atoms with Crippen LogP contribution in [0.4, 0.5) is 5.69 Å². The first-order chi connectivity index (χ1) is 19.8. The predicted octanol–water partition coefficient (Wildman–Crippen LogP) is 6.23. The number of piperazine rings is 1. The van der Waals surface area contributed by atoms with Gasteiger partial charge in [0.1, 0.15) is 17.9 Å². The van der Waals surface area contributed by atoms with Crippen molar-refractivity contribution in [3.8, 4) is 5.75 Å². The van der Waals surface area contributed by atoms with E-state index < -0.39 is 0 Å². The van der Waals surface area contributed by atoms with E-state index in [0.717, 1.165) is 83.8 Å². The highest BCUT2D eigenvalue weighted by Crippen LogP contribution is 2.36. The van der Waals surface area contributed by atoms with Crippen LogP contribution in [0.1, 0.15) is 64.0 Å². The number of aromatic nitrogens is 1. The average Bonchev–Trinajstić information content (AvgIpc) is 3.37. The number of carbonyl (C=O) groups is 1. The number of amides is 1. The Labute approximate surface area is 249 Å². The topological polar surface area (TPSA) is 80.1 Å². The summed E-state index contributed by atoms with van der Waals surface area (Å²) >= 11 is 1.68. The second-order valence-corrected chi connectivity index (χ2v) is 12.2. The Morgan fingerprint density at radius 3 is 2.37 bits per heavy atom. The fourth-order valence-corrected chi connectivity index (χ4v) is 5.83. The van der Waals surface area contributed by atoms with Crippen LogP contribution in [0, 0.1) is 0 Å². The van der Waals surface area contributed by atoms with Crippen molar-refractivity contribution in [3.05, 3.63) is 47.5 Å². The van der Waals surface area contributed by atoms with Gasteiger partial charge in [0.05, 0.1) is 13.2 Å². The third-order valence-corrected chi connectivity index (χ3v) is 8.25. The molecule has 224 valence electrons. The van der Waals surface area contributed by atoms with E-state index in [9.17, 15) is 4.79 Å². The van der Waals surface area contributed by atoms with Gasteiger partial charge < -0.3 is 24.1 Å². The molecule has 1 aliphatic rings. The second-order valence-electron chi connectivity index (χ2n) is 11.1. The van der Waals surface area contributed by atoms with Gasteiger partial charge in [-0.15, -0.1) is 0 Å². The van der Waals surface area contributed by atoms with Gasteiger partial charge in [-0.25, -0.2) is 4.98 Å². The Morgan fingerprint density at radius 1 is 1.02 bits per heavy atom. The number of hydrogen-bond donors (Lipinski definition) is 1. The van der Waals surface area contributed by atoms with Crippen molar-refractivity contribution in [2.24, 2.45) is 0 Å². The first-order valence-electron chi connectivity index (χ1n) is 14.9. The molecule has 1 fully saturated rings. The van der Waals surface area contributed by atoms with Gasteiger partial charge in [0.2, 0.25) is 5.91 Å². The van der Waals surface area contributed by atoms with Gasteiger partial charge >= 0.3 is 0 Å². The highest BCUT2D eigenvalue weighted by Gasteiger charge is 2.22. The van der Waals surface area contributed by atoms with E-state index >= 15 is 0 Å². The Kier molecular flexibility index (Phi) is 11.9. The van der Waals surface area contributed by atoms with Crippen molar-refractivity contribution < 1.29 is 18.7 Å². The summed E-state index contributed by atoms with van der Waals surface area (Å²) in [6.07, 6.45) is 1.07. The van der Waals surface area contributed by atoms with Crippen LogP contribution in [0.3, 0.4) is 0 Å². The maximum Gasteiger partial charge on any atom is 0.256 e. The molecule has 1 amide bonds. The number of oxazole rings is 1. The summed E-state index contributed by atoms with van der Waals surface area (Å²) in [7, 11) is 0. The first kappa shape index (κ1) is 31.3. The zero-order valence-electron chi connectivity index (χ0n) is 25.3.